The van der Waals surface area contributed by atoms with Crippen molar-refractivity contribution in [1.29, 1.82) is 0 Å². The van der Waals surface area contributed by atoms with Gasteiger partial charge < -0.3 is 20.1 Å². The van der Waals surface area contributed by atoms with Crippen molar-refractivity contribution in [1.82, 2.24) is 20.1 Å². The molecule has 2 aromatic rings. The summed E-state index contributed by atoms with van der Waals surface area (Å²) in [5.74, 6) is 0.698. The van der Waals surface area contributed by atoms with E-state index in [4.69, 9.17) is 11.6 Å². The molecule has 2 amide bonds. The fourth-order valence-electron chi connectivity index (χ4n) is 4.40. The molecule has 3 heterocycles. The summed E-state index contributed by atoms with van der Waals surface area (Å²) >= 11 is 6.18. The van der Waals surface area contributed by atoms with Crippen LogP contribution in [0, 0.1) is 5.92 Å². The Kier molecular flexibility index (Phi) is 5.33. The Bertz CT molecular complexity index is 823. The van der Waals surface area contributed by atoms with E-state index in [1.807, 2.05) is 23.1 Å². The van der Waals surface area contributed by atoms with Gasteiger partial charge in [0, 0.05) is 72.4 Å². The molecule has 2 aliphatic rings. The molecule has 0 radical (unpaired) electrons. The van der Waals surface area contributed by atoms with Crippen molar-refractivity contribution in [2.75, 3.05) is 26.2 Å². The number of carbonyl (C=O) groups excluding carboxylic acids is 1. The zero-order valence-corrected chi connectivity index (χ0v) is 17.0. The molecule has 1 saturated heterocycles. The maximum absolute atomic E-state index is 12.8. The van der Waals surface area contributed by atoms with Gasteiger partial charge in [-0.2, -0.15) is 0 Å². The van der Waals surface area contributed by atoms with Crippen molar-refractivity contribution in [2.45, 2.75) is 45.7 Å². The molecule has 27 heavy (non-hydrogen) atoms. The predicted molar refractivity (Wildman–Crippen MR) is 110 cm³/mol. The van der Waals surface area contributed by atoms with Crippen LogP contribution in [0.4, 0.5) is 4.79 Å². The van der Waals surface area contributed by atoms with Crippen molar-refractivity contribution in [3.05, 3.63) is 34.5 Å². The molecular formula is C21H29ClN4O. The average Bonchev–Trinajstić information content (AvgIpc) is 3.00. The van der Waals surface area contributed by atoms with E-state index in [0.717, 1.165) is 61.4 Å². The van der Waals surface area contributed by atoms with Crippen LogP contribution in [0.15, 0.2) is 18.2 Å². The number of fused-ring (bicyclic) bond motifs is 3. The summed E-state index contributed by atoms with van der Waals surface area (Å²) in [4.78, 5) is 20.8. The quantitative estimate of drug-likeness (QED) is 0.834. The minimum atomic E-state index is 0.0688. The van der Waals surface area contributed by atoms with E-state index in [0.29, 0.717) is 18.5 Å². The van der Waals surface area contributed by atoms with Gasteiger partial charge >= 0.3 is 6.03 Å². The number of urea groups is 1. The Morgan fingerprint density at radius 3 is 2.81 bits per heavy atom. The number of nitrogens with zero attached hydrogens (tertiary/aromatic N) is 2. The molecule has 2 aliphatic heterocycles. The highest BCUT2D eigenvalue weighted by atomic mass is 35.5. The highest BCUT2D eigenvalue weighted by Crippen LogP contribution is 2.29. The number of aromatic nitrogens is 1. The molecule has 0 saturated carbocycles. The van der Waals surface area contributed by atoms with Crippen molar-refractivity contribution in [2.24, 2.45) is 5.92 Å². The molecule has 1 fully saturated rings. The summed E-state index contributed by atoms with van der Waals surface area (Å²) in [5.41, 5.74) is 3.54. The summed E-state index contributed by atoms with van der Waals surface area (Å²) in [6, 6.07) is 6.28. The van der Waals surface area contributed by atoms with Gasteiger partial charge in [0.25, 0.3) is 0 Å². The van der Waals surface area contributed by atoms with Crippen molar-refractivity contribution in [3.8, 4) is 0 Å². The summed E-state index contributed by atoms with van der Waals surface area (Å²) in [6.45, 7) is 9.23. The third-order valence-electron chi connectivity index (χ3n) is 5.76. The lowest BCUT2D eigenvalue weighted by Gasteiger charge is -2.35. The number of amides is 2. The number of carbonyl (C=O) groups is 1. The van der Waals surface area contributed by atoms with E-state index >= 15 is 0 Å². The Morgan fingerprint density at radius 1 is 1.30 bits per heavy atom. The number of nitrogens with one attached hydrogen (secondary N) is 2. The monoisotopic (exact) mass is 388 g/mol. The van der Waals surface area contributed by atoms with Crippen LogP contribution in [0.1, 0.15) is 37.9 Å². The number of piperidine rings is 1. The molecule has 6 heteroatoms. The summed E-state index contributed by atoms with van der Waals surface area (Å²) in [7, 11) is 0. The molecule has 0 unspecified atom stereocenters. The lowest BCUT2D eigenvalue weighted by molar-refractivity contribution is 0.161. The van der Waals surface area contributed by atoms with E-state index in [1.54, 1.807) is 0 Å². The Hall–Kier alpha value is -1.72. The lowest BCUT2D eigenvalue weighted by atomic mass is 10.0. The maximum Gasteiger partial charge on any atom is 0.317 e. The van der Waals surface area contributed by atoms with Gasteiger partial charge in [0.1, 0.15) is 0 Å². The van der Waals surface area contributed by atoms with Crippen LogP contribution in [0.3, 0.4) is 0 Å². The number of likely N-dealkylation sites (tertiary alicyclic amines) is 1. The number of H-pyrrole nitrogens is 1. The van der Waals surface area contributed by atoms with Gasteiger partial charge in [-0.1, -0.05) is 25.4 Å². The van der Waals surface area contributed by atoms with Crippen LogP contribution < -0.4 is 5.32 Å². The highest BCUT2D eigenvalue weighted by Gasteiger charge is 2.27. The molecule has 5 nitrogen and oxygen atoms in total. The van der Waals surface area contributed by atoms with Gasteiger partial charge in [0.05, 0.1) is 0 Å². The standard InChI is InChI=1S/C21H29ClN4O/c1-14(2)12-25-8-5-16(6-9-25)23-21(27)26-10-7-20-18(13-26)17-11-15(22)3-4-19(17)24-20/h3-4,11,14,16,24H,5-10,12-13H2,1-2H3,(H,23,27). The first-order valence-corrected chi connectivity index (χ1v) is 10.4. The van der Waals surface area contributed by atoms with Gasteiger partial charge in [-0.15, -0.1) is 0 Å². The first-order chi connectivity index (χ1) is 13.0. The number of aromatic amines is 1. The highest BCUT2D eigenvalue weighted by molar-refractivity contribution is 6.31. The average molecular weight is 389 g/mol. The minimum absolute atomic E-state index is 0.0688. The minimum Gasteiger partial charge on any atom is -0.358 e. The molecule has 0 aliphatic carbocycles. The molecule has 1 aromatic carbocycles. The fraction of sp³-hybridized carbons (Fsp3) is 0.571. The number of rotatable bonds is 3. The second-order valence-corrected chi connectivity index (χ2v) is 8.80. The third-order valence-corrected chi connectivity index (χ3v) is 6.00. The Labute approximate surface area is 166 Å². The van der Waals surface area contributed by atoms with Gasteiger partial charge in [-0.25, -0.2) is 4.79 Å². The smallest absolute Gasteiger partial charge is 0.317 e. The molecule has 0 bridgehead atoms. The van der Waals surface area contributed by atoms with Gasteiger partial charge in [0.2, 0.25) is 0 Å². The van der Waals surface area contributed by atoms with E-state index in [1.165, 1.54) is 11.3 Å². The first kappa shape index (κ1) is 18.6. The fourth-order valence-corrected chi connectivity index (χ4v) is 4.57. The molecule has 0 spiro atoms. The number of benzene rings is 1. The first-order valence-electron chi connectivity index (χ1n) is 10.1. The van der Waals surface area contributed by atoms with Crippen LogP contribution in [0.2, 0.25) is 5.02 Å². The molecule has 4 rings (SSSR count). The van der Waals surface area contributed by atoms with Crippen molar-refractivity contribution < 1.29 is 4.79 Å². The van der Waals surface area contributed by atoms with Gasteiger partial charge in [-0.3, -0.25) is 0 Å². The van der Waals surface area contributed by atoms with Gasteiger partial charge in [0.15, 0.2) is 0 Å². The maximum atomic E-state index is 12.8. The molecule has 1 aromatic heterocycles. The van der Waals surface area contributed by atoms with Crippen LogP contribution in [-0.4, -0.2) is 53.0 Å². The Morgan fingerprint density at radius 2 is 2.07 bits per heavy atom. The largest absolute Gasteiger partial charge is 0.358 e. The summed E-state index contributed by atoms with van der Waals surface area (Å²) in [5, 5.41) is 5.14. The SMILES string of the molecule is CC(C)CN1CCC(NC(=O)N2CCc3[nH]c4ccc(Cl)cc4c3C2)CC1. The third kappa shape index (κ3) is 4.09. The zero-order valence-electron chi connectivity index (χ0n) is 16.2. The molecule has 146 valence electrons. The van der Waals surface area contributed by atoms with E-state index in [2.05, 4.69) is 29.0 Å². The Balaban J connectivity index is 1.37. The van der Waals surface area contributed by atoms with Crippen LogP contribution in [0.25, 0.3) is 10.9 Å². The van der Waals surface area contributed by atoms with E-state index in [9.17, 15) is 4.79 Å². The van der Waals surface area contributed by atoms with Crippen LogP contribution in [-0.2, 0) is 13.0 Å². The van der Waals surface area contributed by atoms with Gasteiger partial charge in [-0.05, 0) is 37.0 Å². The zero-order chi connectivity index (χ0) is 19.0. The normalized spacial score (nSPS) is 18.9. The number of halogens is 1. The summed E-state index contributed by atoms with van der Waals surface area (Å²) < 4.78 is 0. The molecule has 2 N–H and O–H groups in total. The van der Waals surface area contributed by atoms with Crippen molar-refractivity contribution >= 4 is 28.5 Å². The molecular weight excluding hydrogens is 360 g/mol. The summed E-state index contributed by atoms with van der Waals surface area (Å²) in [6.07, 6.45) is 2.95. The molecule has 0 atom stereocenters. The number of hydrogen-bond donors (Lipinski definition) is 2. The second kappa shape index (κ2) is 7.72. The van der Waals surface area contributed by atoms with Crippen LogP contribution in [0.5, 0.6) is 0 Å². The van der Waals surface area contributed by atoms with Crippen molar-refractivity contribution in [3.63, 3.8) is 0 Å². The lowest BCUT2D eigenvalue weighted by Crippen LogP contribution is -2.50. The van der Waals surface area contributed by atoms with Crippen LogP contribution >= 0.6 is 11.6 Å². The van der Waals surface area contributed by atoms with E-state index < -0.39 is 0 Å². The van der Waals surface area contributed by atoms with E-state index in [-0.39, 0.29) is 6.03 Å². The second-order valence-electron chi connectivity index (χ2n) is 8.36. The number of hydrogen-bond acceptors (Lipinski definition) is 2. The topological polar surface area (TPSA) is 51.4 Å². The predicted octanol–water partition coefficient (Wildman–Crippen LogP) is 4.01.